The standard InChI is InChI=1S/C10H17NO2/c1-7(2)10(12)5-11-4-9-3-8(11)6-13-9/h7-9H,3-6H2,1-2H3. The highest BCUT2D eigenvalue weighted by Crippen LogP contribution is 2.27. The fourth-order valence-electron chi connectivity index (χ4n) is 2.06. The first-order valence-corrected chi connectivity index (χ1v) is 5.05. The lowest BCUT2D eigenvalue weighted by Crippen LogP contribution is -2.41. The van der Waals surface area contributed by atoms with Crippen LogP contribution in [0.5, 0.6) is 0 Å². The highest BCUT2D eigenvalue weighted by molar-refractivity contribution is 5.82. The third-order valence-corrected chi connectivity index (χ3v) is 3.02. The summed E-state index contributed by atoms with van der Waals surface area (Å²) in [6.45, 7) is 6.35. The van der Waals surface area contributed by atoms with Crippen LogP contribution in [-0.4, -0.2) is 42.5 Å². The van der Waals surface area contributed by atoms with Gasteiger partial charge in [-0.2, -0.15) is 0 Å². The normalized spacial score (nSPS) is 33.2. The first kappa shape index (κ1) is 9.16. The Hall–Kier alpha value is -0.410. The molecule has 2 fully saturated rings. The molecule has 0 aromatic rings. The SMILES string of the molecule is CC(C)C(=O)CN1CC2CC1CO2. The van der Waals surface area contributed by atoms with Gasteiger partial charge in [0.15, 0.2) is 0 Å². The Balaban J connectivity index is 1.86. The van der Waals surface area contributed by atoms with Crippen LogP contribution in [0, 0.1) is 5.92 Å². The van der Waals surface area contributed by atoms with E-state index < -0.39 is 0 Å². The van der Waals surface area contributed by atoms with E-state index in [1.807, 2.05) is 13.8 Å². The number of morpholine rings is 1. The smallest absolute Gasteiger partial charge is 0.149 e. The second kappa shape index (κ2) is 3.39. The number of ether oxygens (including phenoxy) is 1. The largest absolute Gasteiger partial charge is 0.375 e. The summed E-state index contributed by atoms with van der Waals surface area (Å²) in [4.78, 5) is 13.8. The maximum atomic E-state index is 11.5. The second-order valence-electron chi connectivity index (χ2n) is 4.40. The highest BCUT2D eigenvalue weighted by atomic mass is 16.5. The number of carbonyl (C=O) groups is 1. The number of Topliss-reactive ketones (excluding diaryl/α,β-unsaturated/α-hetero) is 1. The minimum atomic E-state index is 0.167. The van der Waals surface area contributed by atoms with Crippen molar-refractivity contribution in [3.8, 4) is 0 Å². The molecule has 2 atom stereocenters. The monoisotopic (exact) mass is 183 g/mol. The van der Waals surface area contributed by atoms with Gasteiger partial charge in [-0.05, 0) is 6.42 Å². The van der Waals surface area contributed by atoms with Crippen molar-refractivity contribution < 1.29 is 9.53 Å². The van der Waals surface area contributed by atoms with Crippen LogP contribution in [0.15, 0.2) is 0 Å². The van der Waals surface area contributed by atoms with Gasteiger partial charge in [-0.15, -0.1) is 0 Å². The number of hydrogen-bond donors (Lipinski definition) is 0. The van der Waals surface area contributed by atoms with Crippen molar-refractivity contribution in [3.63, 3.8) is 0 Å². The molecule has 0 amide bonds. The maximum absolute atomic E-state index is 11.5. The molecule has 0 saturated carbocycles. The Morgan fingerprint density at radius 1 is 1.62 bits per heavy atom. The minimum absolute atomic E-state index is 0.167. The molecule has 2 unspecified atom stereocenters. The Labute approximate surface area is 79.0 Å². The maximum Gasteiger partial charge on any atom is 0.149 e. The quantitative estimate of drug-likeness (QED) is 0.644. The topological polar surface area (TPSA) is 29.5 Å². The number of rotatable bonds is 3. The molecule has 0 radical (unpaired) electrons. The van der Waals surface area contributed by atoms with Gasteiger partial charge in [0.05, 0.1) is 19.3 Å². The van der Waals surface area contributed by atoms with Crippen LogP contribution in [-0.2, 0) is 9.53 Å². The number of nitrogens with zero attached hydrogens (tertiary/aromatic N) is 1. The molecule has 2 heterocycles. The summed E-state index contributed by atoms with van der Waals surface area (Å²) in [5.41, 5.74) is 0. The summed E-state index contributed by atoms with van der Waals surface area (Å²) >= 11 is 0. The first-order chi connectivity index (χ1) is 6.16. The Morgan fingerprint density at radius 2 is 2.38 bits per heavy atom. The lowest BCUT2D eigenvalue weighted by molar-refractivity contribution is -0.124. The van der Waals surface area contributed by atoms with E-state index in [2.05, 4.69) is 4.90 Å². The predicted octanol–water partition coefficient (Wildman–Crippen LogP) is 0.685. The molecule has 2 bridgehead atoms. The van der Waals surface area contributed by atoms with Crippen molar-refractivity contribution in [2.45, 2.75) is 32.4 Å². The summed E-state index contributed by atoms with van der Waals surface area (Å²) < 4.78 is 5.47. The van der Waals surface area contributed by atoms with E-state index in [1.54, 1.807) is 0 Å². The van der Waals surface area contributed by atoms with Gasteiger partial charge in [-0.25, -0.2) is 0 Å². The van der Waals surface area contributed by atoms with Crippen molar-refractivity contribution in [2.24, 2.45) is 5.92 Å². The summed E-state index contributed by atoms with van der Waals surface area (Å²) in [6.07, 6.45) is 1.54. The van der Waals surface area contributed by atoms with E-state index >= 15 is 0 Å². The molecule has 0 spiro atoms. The lowest BCUT2D eigenvalue weighted by Gasteiger charge is -2.26. The lowest BCUT2D eigenvalue weighted by atomic mass is 10.1. The molecule has 0 aromatic heterocycles. The van der Waals surface area contributed by atoms with Crippen molar-refractivity contribution in [2.75, 3.05) is 19.7 Å². The molecule has 0 N–H and O–H groups in total. The number of ketones is 1. The third-order valence-electron chi connectivity index (χ3n) is 3.02. The van der Waals surface area contributed by atoms with Crippen LogP contribution in [0.4, 0.5) is 0 Å². The zero-order valence-electron chi connectivity index (χ0n) is 8.32. The molecule has 2 aliphatic rings. The molecule has 0 aliphatic carbocycles. The minimum Gasteiger partial charge on any atom is -0.375 e. The molecular formula is C10H17NO2. The van der Waals surface area contributed by atoms with Crippen LogP contribution in [0.2, 0.25) is 0 Å². The van der Waals surface area contributed by atoms with Gasteiger partial charge in [0, 0.05) is 18.5 Å². The molecule has 3 nitrogen and oxygen atoms in total. The highest BCUT2D eigenvalue weighted by Gasteiger charge is 2.39. The molecule has 3 heteroatoms. The van der Waals surface area contributed by atoms with Gasteiger partial charge < -0.3 is 4.74 Å². The van der Waals surface area contributed by atoms with Gasteiger partial charge in [0.1, 0.15) is 5.78 Å². The van der Waals surface area contributed by atoms with E-state index in [1.165, 1.54) is 0 Å². The van der Waals surface area contributed by atoms with E-state index in [-0.39, 0.29) is 5.92 Å². The van der Waals surface area contributed by atoms with Gasteiger partial charge in [0.25, 0.3) is 0 Å². The first-order valence-electron chi connectivity index (χ1n) is 5.05. The molecular weight excluding hydrogens is 166 g/mol. The zero-order valence-corrected chi connectivity index (χ0v) is 8.32. The molecule has 74 valence electrons. The summed E-state index contributed by atoms with van der Waals surface area (Å²) in [7, 11) is 0. The summed E-state index contributed by atoms with van der Waals surface area (Å²) in [6, 6.07) is 0.521. The van der Waals surface area contributed by atoms with Crippen molar-refractivity contribution in [3.05, 3.63) is 0 Å². The summed E-state index contributed by atoms with van der Waals surface area (Å²) in [5, 5.41) is 0. The van der Waals surface area contributed by atoms with Crippen molar-refractivity contribution >= 4 is 5.78 Å². The van der Waals surface area contributed by atoms with Gasteiger partial charge in [0.2, 0.25) is 0 Å². The number of carbonyl (C=O) groups excluding carboxylic acids is 1. The zero-order chi connectivity index (χ0) is 9.42. The van der Waals surface area contributed by atoms with Gasteiger partial charge in [-0.1, -0.05) is 13.8 Å². The van der Waals surface area contributed by atoms with E-state index in [0.29, 0.717) is 24.5 Å². The molecule has 0 aromatic carbocycles. The fraction of sp³-hybridized carbons (Fsp3) is 0.900. The van der Waals surface area contributed by atoms with Gasteiger partial charge >= 0.3 is 0 Å². The molecule has 13 heavy (non-hydrogen) atoms. The predicted molar refractivity (Wildman–Crippen MR) is 49.6 cm³/mol. The second-order valence-corrected chi connectivity index (χ2v) is 4.40. The molecule has 2 saturated heterocycles. The van der Waals surface area contributed by atoms with Crippen LogP contribution < -0.4 is 0 Å². The summed E-state index contributed by atoms with van der Waals surface area (Å²) in [5.74, 6) is 0.521. The van der Waals surface area contributed by atoms with E-state index in [9.17, 15) is 4.79 Å². The van der Waals surface area contributed by atoms with Crippen molar-refractivity contribution in [1.29, 1.82) is 0 Å². The Bertz CT molecular complexity index is 215. The average Bonchev–Trinajstić information content (AvgIpc) is 2.64. The fourth-order valence-corrected chi connectivity index (χ4v) is 2.06. The van der Waals surface area contributed by atoms with Crippen LogP contribution in [0.3, 0.4) is 0 Å². The number of fused-ring (bicyclic) bond motifs is 2. The number of likely N-dealkylation sites (tertiary alicyclic amines) is 1. The Morgan fingerprint density at radius 3 is 2.85 bits per heavy atom. The van der Waals surface area contributed by atoms with Crippen molar-refractivity contribution in [1.82, 2.24) is 4.90 Å². The third kappa shape index (κ3) is 1.76. The van der Waals surface area contributed by atoms with E-state index in [4.69, 9.17) is 4.74 Å². The molecule has 2 aliphatic heterocycles. The number of hydrogen-bond acceptors (Lipinski definition) is 3. The Kier molecular flexibility index (Phi) is 2.39. The van der Waals surface area contributed by atoms with Gasteiger partial charge in [-0.3, -0.25) is 9.69 Å². The molecule has 2 rings (SSSR count). The van der Waals surface area contributed by atoms with Crippen LogP contribution >= 0.6 is 0 Å². The van der Waals surface area contributed by atoms with Crippen LogP contribution in [0.1, 0.15) is 20.3 Å². The van der Waals surface area contributed by atoms with E-state index in [0.717, 1.165) is 19.6 Å². The average molecular weight is 183 g/mol. The van der Waals surface area contributed by atoms with Crippen LogP contribution in [0.25, 0.3) is 0 Å².